The summed E-state index contributed by atoms with van der Waals surface area (Å²) in [5.41, 5.74) is 24.1. The molecule has 116 heavy (non-hydrogen) atoms. The van der Waals surface area contributed by atoms with Gasteiger partial charge in [-0.15, -0.1) is 41.5 Å². The maximum Gasteiger partial charge on any atom is 2.00 e. The van der Waals surface area contributed by atoms with E-state index in [1.54, 1.807) is 62.4 Å². The molecule has 2 N–H and O–H groups in total. The summed E-state index contributed by atoms with van der Waals surface area (Å²) in [6.07, 6.45) is 18.3. The molecule has 2 aliphatic rings. The van der Waals surface area contributed by atoms with Gasteiger partial charge in [-0.1, -0.05) is 177 Å². The third-order valence-electron chi connectivity index (χ3n) is 17.3. The molecule has 30 heteroatoms. The van der Waals surface area contributed by atoms with Crippen molar-refractivity contribution in [1.29, 1.82) is 36.8 Å². The van der Waals surface area contributed by atoms with Gasteiger partial charge >= 0.3 is 176 Å². The number of nitriles is 1. The van der Waals surface area contributed by atoms with Gasteiger partial charge in [-0.25, -0.2) is 18.6 Å². The van der Waals surface area contributed by atoms with E-state index in [1.807, 2.05) is 103 Å². The first-order valence-electron chi connectivity index (χ1n) is 36.5. The zero-order chi connectivity index (χ0) is 85.6. The largest absolute Gasteiger partial charge is 2.00 e. The first kappa shape index (κ1) is 118. The van der Waals surface area contributed by atoms with E-state index in [0.29, 0.717) is 81.2 Å². The standard InChI is InChI=1S/C33H49P.C17H13N3O3.C16H13BrN2O3.C12H9N.6CN.CH4O3S.CH4.Fe.4K.Pd/c1-23(2)26-21-30(24(3)4)33(31(22-26)25(5)6)29-19-13-14-20-32(29)34(27-15-9-7-10-16-27)28-17-11-8-12-18-28;1-22-17(21)13-10-19-20-14(13)7-8-16(15(20)9-18)23-11-12-5-3-2-4-6-12;1-21-16(20)12-9-18-19-13(12)7-8-14(15(19)17)22-10-11-5-3-2-4-6-11;13-12-9-5-4-8-11(12)10-6-2-1-3-7-10;6*1-2;1-5(2,3)4;;;;;;;/h13-14,19-25,27-28H,7-12,15-18H2,1-6H3;2-8,10H,11H2,1H3;2-9H,10H2,1H3;1-6,8-9,13H;;;;;;;1H3,(H,2,3,4);1H4;;;;;;/q;;;-2;6*-1;;;+6;;;;;+2/p+1. The van der Waals surface area contributed by atoms with E-state index in [1.165, 1.54) is 227 Å². The minimum absolute atomic E-state index is 0. The zero-order valence-electron chi connectivity index (χ0n) is 67.3. The summed E-state index contributed by atoms with van der Waals surface area (Å²) >= 11 is 8.46. The maximum absolute atomic E-state index is 11.7. The number of hydrogen-bond acceptors (Lipinski definition) is 17. The molecule has 21 nitrogen and oxygen atoms in total. The van der Waals surface area contributed by atoms with E-state index in [0.717, 1.165) is 33.6 Å². The summed E-state index contributed by atoms with van der Waals surface area (Å²) in [4.78, 5) is 23.4. The summed E-state index contributed by atoms with van der Waals surface area (Å²) < 4.78 is 50.5. The van der Waals surface area contributed by atoms with E-state index in [4.69, 9.17) is 100 Å². The third-order valence-corrected chi connectivity index (χ3v) is 22.0. The van der Waals surface area contributed by atoms with Crippen molar-refractivity contribution in [3.8, 4) is 39.8 Å². The molecule has 2 aliphatic carbocycles. The molecule has 0 bridgehead atoms. The molecule has 10 aromatic rings. The summed E-state index contributed by atoms with van der Waals surface area (Å²) in [5, 5.41) is 57.0. The van der Waals surface area contributed by atoms with Crippen LogP contribution in [0.1, 0.15) is 185 Å². The van der Waals surface area contributed by atoms with Crippen LogP contribution in [0.15, 0.2) is 187 Å². The number of carbonyl (C=O) groups excluding carboxylic acids is 2. The van der Waals surface area contributed by atoms with Crippen LogP contribution in [0, 0.1) is 88.4 Å². The fourth-order valence-corrected chi connectivity index (χ4v) is 17.4. The minimum Gasteiger partial charge on any atom is -0.706 e. The monoisotopic (exact) mass is 1900 g/mol. The van der Waals surface area contributed by atoms with Crippen LogP contribution in [-0.2, 0) is 70.3 Å². The second kappa shape index (κ2) is 69.5. The van der Waals surface area contributed by atoms with Crippen molar-refractivity contribution in [3.63, 3.8) is 0 Å². The number of esters is 2. The van der Waals surface area contributed by atoms with Crippen LogP contribution in [0.3, 0.4) is 0 Å². The number of ether oxygens (including phenoxy) is 4. The number of aromatic nitrogens is 4. The number of fused-ring (bicyclic) bond motifs is 2. The fraction of sp³-hybridized carbons (Fsp3) is 0.314. The molecule has 0 amide bonds. The molecule has 4 heterocycles. The summed E-state index contributed by atoms with van der Waals surface area (Å²) in [7, 11) is -1.63. The second-order valence-electron chi connectivity index (χ2n) is 25.2. The smallest absolute Gasteiger partial charge is 0.706 e. The van der Waals surface area contributed by atoms with E-state index < -0.39 is 30.0 Å². The third kappa shape index (κ3) is 39.5. The Morgan fingerprint density at radius 3 is 1.36 bits per heavy atom. The topological polar surface area (TPSA) is 350 Å². The summed E-state index contributed by atoms with van der Waals surface area (Å²) in [5.74, 6) is 1.79. The van der Waals surface area contributed by atoms with Crippen LogP contribution in [0.25, 0.3) is 39.0 Å². The molecular formula is C86H93BrFeK4N12O9PPdS+. The molecule has 0 atom stereocenters. The van der Waals surface area contributed by atoms with Crippen LogP contribution in [0.5, 0.6) is 11.5 Å². The zero-order valence-corrected chi connectivity index (χ0v) is 85.8. The predicted molar refractivity (Wildman–Crippen MR) is 455 cm³/mol. The molecule has 0 spiro atoms. The van der Waals surface area contributed by atoms with Crippen molar-refractivity contribution >= 4 is 194 Å². The predicted octanol–water partition coefficient (Wildman–Crippen LogP) is 19.3. The number of hydrogen-bond donors (Lipinski definition) is 1. The Morgan fingerprint density at radius 1 is 0.586 bits per heavy atom. The van der Waals surface area contributed by atoms with Gasteiger partial charge in [-0.2, -0.15) is 29.6 Å². The second-order valence-corrected chi connectivity index (χ2v) is 30.5. The van der Waals surface area contributed by atoms with Gasteiger partial charge in [-0.3, -0.25) is 4.55 Å². The number of methoxy groups -OCH3 is 2. The van der Waals surface area contributed by atoms with Crippen molar-refractivity contribution in [2.24, 2.45) is 0 Å². The Labute approximate surface area is 812 Å². The Kier molecular flexibility index (Phi) is 70.9. The van der Waals surface area contributed by atoms with Crippen molar-refractivity contribution in [2.45, 2.75) is 155 Å². The molecular weight excluding hydrogens is 1810 g/mol. The molecule has 2 saturated carbocycles. The summed E-state index contributed by atoms with van der Waals surface area (Å²) in [6.45, 7) is 43.6. The molecule has 4 aromatic heterocycles. The molecule has 0 unspecified atom stereocenters. The minimum atomic E-state index is -3.67. The number of pyridine rings is 2. The number of halogens is 1. The molecule has 2 fully saturated rings. The van der Waals surface area contributed by atoms with E-state index in [9.17, 15) is 23.3 Å². The first-order chi connectivity index (χ1) is 54.7. The average Bonchev–Trinajstić information content (AvgIpc) is 0.970. The number of benzene rings is 6. The van der Waals surface area contributed by atoms with Crippen molar-refractivity contribution < 1.29 is 79.0 Å². The molecule has 6 aromatic carbocycles. The van der Waals surface area contributed by atoms with Crippen LogP contribution >= 0.6 is 23.9 Å². The Hall–Kier alpha value is -3.98. The fourth-order valence-electron chi connectivity index (χ4n) is 12.5. The van der Waals surface area contributed by atoms with Crippen LogP contribution in [0.2, 0.25) is 0 Å². The SMILES string of the molecule is C.CC(C)c1cc(C(C)C)c(-c2ccccc2[PH+](C2CCCCC2)C2CCCCC2)c(C(C)C)c1.COC(=O)c1cnn2c(Br)c(OCc3ccccc3)ccc12.COC(=O)c1cnn2c(C#N)c(OCc3ccccc3)ccc12.CS(=O)(=O)O.[C-]#N.[C-]#N.[C-]#N.[C-]#N.[C-]#N.[C-]#N.[Fe+6].[K][K].[K][K].[NH-]c1ccccc1-c1[c-]cccc1.[Pd+2]. The van der Waals surface area contributed by atoms with Crippen molar-refractivity contribution in [2.75, 3.05) is 20.5 Å². The maximum atomic E-state index is 11.7. The van der Waals surface area contributed by atoms with Gasteiger partial charge in [0.25, 0.3) is 10.1 Å². The Morgan fingerprint density at radius 2 is 0.966 bits per heavy atom. The van der Waals surface area contributed by atoms with Crippen LogP contribution < -0.4 is 14.8 Å². The van der Waals surface area contributed by atoms with Gasteiger partial charge in [0.05, 0.1) is 60.5 Å². The normalized spacial score (nSPS) is 11.3. The van der Waals surface area contributed by atoms with Crippen molar-refractivity contribution in [1.82, 2.24) is 19.2 Å². The van der Waals surface area contributed by atoms with E-state index >= 15 is 0 Å². The quantitative estimate of drug-likeness (QED) is 0.0234. The first-order valence-corrected chi connectivity index (χ1v) is 72.8. The van der Waals surface area contributed by atoms with Gasteiger partial charge in [0, 0.05) is 13.5 Å². The number of nitrogens with zero attached hydrogens (tertiary/aromatic N) is 11. The van der Waals surface area contributed by atoms with Gasteiger partial charge in [-0.05, 0) is 149 Å². The van der Waals surface area contributed by atoms with Gasteiger partial charge < -0.3 is 95.7 Å². The summed E-state index contributed by atoms with van der Waals surface area (Å²) in [6, 6.07) is 61.8. The molecule has 0 aliphatic heterocycles. The molecule has 590 valence electrons. The Balaban J connectivity index is -0.000000682. The van der Waals surface area contributed by atoms with Gasteiger partial charge in [0.1, 0.15) is 35.0 Å². The van der Waals surface area contributed by atoms with Gasteiger partial charge in [0.2, 0.25) is 0 Å². The van der Waals surface area contributed by atoms with Crippen molar-refractivity contribution in [3.05, 3.63) is 283 Å². The molecule has 0 saturated heterocycles. The van der Waals surface area contributed by atoms with E-state index in [-0.39, 0.29) is 50.6 Å². The molecule has 12 rings (SSSR count). The van der Waals surface area contributed by atoms with E-state index in [2.05, 4.69) is 116 Å². The Bertz CT molecular complexity index is 4640. The van der Waals surface area contributed by atoms with Crippen LogP contribution in [-0.4, -0.2) is 202 Å². The van der Waals surface area contributed by atoms with Gasteiger partial charge in [0.15, 0.2) is 17.2 Å². The molecule has 0 radical (unpaired) electrons. The number of rotatable bonds is 16. The van der Waals surface area contributed by atoms with Crippen LogP contribution in [0.4, 0.5) is 5.69 Å². The number of nitrogens with one attached hydrogen (secondary N) is 1. The average molecular weight is 1900 g/mol. The number of carbonyl (C=O) groups is 2.